The maximum Gasteiger partial charge on any atom is 0.239 e. The minimum absolute atomic E-state index is 0.00895. The molecular weight excluding hydrogens is 619 g/mol. The van der Waals surface area contributed by atoms with Crippen LogP contribution in [0.25, 0.3) is 11.1 Å². The molecular formula is C33H36Cl2N4O4S. The molecule has 2 saturated heterocycles. The number of rotatable bonds is 12. The van der Waals surface area contributed by atoms with Crippen LogP contribution in [-0.2, 0) is 25.7 Å². The van der Waals surface area contributed by atoms with E-state index in [0.29, 0.717) is 28.7 Å². The molecule has 2 fully saturated rings. The Morgan fingerprint density at radius 3 is 2.36 bits per heavy atom. The number of nitrogens with zero attached hydrogens (tertiary/aromatic N) is 2. The first kappa shape index (κ1) is 32.3. The van der Waals surface area contributed by atoms with Gasteiger partial charge in [-0.05, 0) is 41.8 Å². The van der Waals surface area contributed by atoms with Crippen molar-refractivity contribution in [1.82, 2.24) is 20.4 Å². The molecule has 0 saturated carbocycles. The summed E-state index contributed by atoms with van der Waals surface area (Å²) in [5, 5.41) is 5.59. The summed E-state index contributed by atoms with van der Waals surface area (Å²) in [6.45, 7) is 4.86. The lowest BCUT2D eigenvalue weighted by Crippen LogP contribution is -2.42. The second-order valence-corrected chi connectivity index (χ2v) is 12.9. The number of hydrogen-bond donors (Lipinski definition) is 2. The average Bonchev–Trinajstić information content (AvgIpc) is 3.33. The van der Waals surface area contributed by atoms with E-state index >= 15 is 0 Å². The Morgan fingerprint density at radius 2 is 1.64 bits per heavy atom. The largest absolute Gasteiger partial charge is 0.379 e. The van der Waals surface area contributed by atoms with Crippen molar-refractivity contribution < 1.29 is 19.1 Å². The zero-order valence-electron chi connectivity index (χ0n) is 24.3. The zero-order valence-corrected chi connectivity index (χ0v) is 26.7. The molecule has 2 N–H and O–H groups in total. The van der Waals surface area contributed by atoms with Gasteiger partial charge in [-0.2, -0.15) is 0 Å². The third kappa shape index (κ3) is 8.76. The van der Waals surface area contributed by atoms with Crippen molar-refractivity contribution in [3.05, 3.63) is 94.0 Å². The fraction of sp³-hybridized carbons (Fsp3) is 0.364. The quantitative estimate of drug-likeness (QED) is 0.263. The zero-order chi connectivity index (χ0) is 30.9. The van der Waals surface area contributed by atoms with Crippen molar-refractivity contribution in [3.8, 4) is 11.1 Å². The van der Waals surface area contributed by atoms with E-state index in [4.69, 9.17) is 27.9 Å². The molecule has 0 bridgehead atoms. The lowest BCUT2D eigenvalue weighted by atomic mass is 10.0. The van der Waals surface area contributed by atoms with Crippen LogP contribution < -0.4 is 10.6 Å². The second-order valence-electron chi connectivity index (χ2n) is 10.8. The molecule has 2 aliphatic rings. The lowest BCUT2D eigenvalue weighted by molar-refractivity contribution is -0.136. The van der Waals surface area contributed by atoms with Gasteiger partial charge >= 0.3 is 0 Å². The summed E-state index contributed by atoms with van der Waals surface area (Å²) in [4.78, 5) is 43.3. The number of halogens is 2. The van der Waals surface area contributed by atoms with Crippen LogP contribution in [-0.4, -0.2) is 78.7 Å². The third-order valence-electron chi connectivity index (χ3n) is 7.68. The third-order valence-corrected chi connectivity index (χ3v) is 9.70. The van der Waals surface area contributed by atoms with Crippen molar-refractivity contribution in [2.45, 2.75) is 30.0 Å². The minimum atomic E-state index is -0.652. The number of carbonyl (C=O) groups is 3. The van der Waals surface area contributed by atoms with E-state index in [0.717, 1.165) is 56.0 Å². The Kier molecular flexibility index (Phi) is 11.6. The van der Waals surface area contributed by atoms with E-state index in [9.17, 15) is 14.4 Å². The number of morpholine rings is 1. The molecule has 0 aliphatic carbocycles. The van der Waals surface area contributed by atoms with Gasteiger partial charge in [0.2, 0.25) is 17.7 Å². The first-order valence-electron chi connectivity index (χ1n) is 14.8. The predicted octanol–water partition coefficient (Wildman–Crippen LogP) is 5.15. The molecule has 2 atom stereocenters. The Morgan fingerprint density at radius 1 is 0.909 bits per heavy atom. The number of thioether (sulfide) groups is 1. The van der Waals surface area contributed by atoms with Gasteiger partial charge in [0.1, 0.15) is 11.9 Å². The Labute approximate surface area is 272 Å². The van der Waals surface area contributed by atoms with Gasteiger partial charge in [-0.1, -0.05) is 83.9 Å². The molecule has 2 heterocycles. The molecule has 44 heavy (non-hydrogen) atoms. The van der Waals surface area contributed by atoms with Crippen molar-refractivity contribution in [2.24, 2.45) is 0 Å². The van der Waals surface area contributed by atoms with Gasteiger partial charge in [-0.25, -0.2) is 0 Å². The van der Waals surface area contributed by atoms with Crippen LogP contribution in [0.5, 0.6) is 0 Å². The van der Waals surface area contributed by atoms with Gasteiger partial charge in [-0.15, -0.1) is 11.8 Å². The summed E-state index contributed by atoms with van der Waals surface area (Å²) in [7, 11) is 0. The van der Waals surface area contributed by atoms with E-state index in [2.05, 4.69) is 27.7 Å². The van der Waals surface area contributed by atoms with Crippen LogP contribution in [0, 0.1) is 0 Å². The monoisotopic (exact) mass is 654 g/mol. The minimum Gasteiger partial charge on any atom is -0.379 e. The molecule has 11 heteroatoms. The fourth-order valence-electron chi connectivity index (χ4n) is 5.28. The van der Waals surface area contributed by atoms with Gasteiger partial charge in [0.05, 0.1) is 18.5 Å². The number of benzene rings is 3. The molecule has 2 aliphatic heterocycles. The fourth-order valence-corrected chi connectivity index (χ4v) is 7.34. The first-order chi connectivity index (χ1) is 21.4. The molecule has 232 valence electrons. The predicted molar refractivity (Wildman–Crippen MR) is 176 cm³/mol. The van der Waals surface area contributed by atoms with Crippen LogP contribution >= 0.6 is 35.0 Å². The van der Waals surface area contributed by atoms with Gasteiger partial charge in [0.15, 0.2) is 0 Å². The first-order valence-corrected chi connectivity index (χ1v) is 16.5. The maximum atomic E-state index is 13.6. The number of hydrogen-bond acceptors (Lipinski definition) is 6. The molecule has 0 unspecified atom stereocenters. The van der Waals surface area contributed by atoms with E-state index in [1.54, 1.807) is 18.2 Å². The van der Waals surface area contributed by atoms with E-state index in [1.807, 2.05) is 42.5 Å². The van der Waals surface area contributed by atoms with E-state index in [-0.39, 0.29) is 30.7 Å². The molecule has 8 nitrogen and oxygen atoms in total. The SMILES string of the molecule is O=C(C[C@H]1S[C@H](c2ccc(Cl)cc2Cl)N(CC(=O)NCCCN2CCOCC2)C1=O)NCc1ccc(-c2ccccc2)cc1. The van der Waals surface area contributed by atoms with Crippen molar-refractivity contribution >= 4 is 52.7 Å². The summed E-state index contributed by atoms with van der Waals surface area (Å²) in [6.07, 6.45) is 0.795. The molecule has 3 amide bonds. The molecule has 5 rings (SSSR count). The molecule has 0 spiro atoms. The molecule has 3 aromatic carbocycles. The summed E-state index contributed by atoms with van der Waals surface area (Å²) in [5.41, 5.74) is 3.86. The highest BCUT2D eigenvalue weighted by atomic mass is 35.5. The van der Waals surface area contributed by atoms with Crippen LogP contribution in [0.2, 0.25) is 10.0 Å². The summed E-state index contributed by atoms with van der Waals surface area (Å²) >= 11 is 14.0. The van der Waals surface area contributed by atoms with Gasteiger partial charge < -0.3 is 20.3 Å². The Hall–Kier alpha value is -3.08. The molecule has 0 aromatic heterocycles. The van der Waals surface area contributed by atoms with Crippen LogP contribution in [0.3, 0.4) is 0 Å². The number of nitrogens with one attached hydrogen (secondary N) is 2. The molecule has 0 radical (unpaired) electrons. The van der Waals surface area contributed by atoms with E-state index in [1.165, 1.54) is 16.7 Å². The van der Waals surface area contributed by atoms with Crippen molar-refractivity contribution in [3.63, 3.8) is 0 Å². The normalized spacial score (nSPS) is 18.8. The van der Waals surface area contributed by atoms with Gasteiger partial charge in [0.25, 0.3) is 0 Å². The van der Waals surface area contributed by atoms with Crippen LogP contribution in [0.4, 0.5) is 0 Å². The van der Waals surface area contributed by atoms with Gasteiger partial charge in [-0.3, -0.25) is 19.3 Å². The highest BCUT2D eigenvalue weighted by Gasteiger charge is 2.43. The molecule has 3 aromatic rings. The topological polar surface area (TPSA) is 91.0 Å². The summed E-state index contributed by atoms with van der Waals surface area (Å²) in [6, 6.07) is 23.2. The Balaban J connectivity index is 1.17. The van der Waals surface area contributed by atoms with Crippen LogP contribution in [0.15, 0.2) is 72.8 Å². The maximum absolute atomic E-state index is 13.6. The Bertz CT molecular complexity index is 1440. The van der Waals surface area contributed by atoms with Crippen molar-refractivity contribution in [1.29, 1.82) is 0 Å². The van der Waals surface area contributed by atoms with Crippen molar-refractivity contribution in [2.75, 3.05) is 45.9 Å². The van der Waals surface area contributed by atoms with Crippen LogP contribution in [0.1, 0.15) is 29.3 Å². The second kappa shape index (κ2) is 15.8. The highest BCUT2D eigenvalue weighted by molar-refractivity contribution is 8.01. The lowest BCUT2D eigenvalue weighted by Gasteiger charge is -2.26. The number of carbonyl (C=O) groups excluding carboxylic acids is 3. The summed E-state index contributed by atoms with van der Waals surface area (Å²) < 4.78 is 5.38. The standard InChI is InChI=1S/C33H36Cl2N4O4S/c34-26-11-12-27(28(35)19-26)33-39(22-31(41)36-13-4-14-38-15-17-43-18-16-38)32(42)29(44-33)20-30(40)37-21-23-7-9-25(10-8-23)24-5-2-1-3-6-24/h1-3,5-12,19,29,33H,4,13-18,20-22H2,(H,36,41)(H,37,40)/t29-,33-/m1/s1. The van der Waals surface area contributed by atoms with Gasteiger partial charge in [0, 0.05) is 48.2 Å². The van der Waals surface area contributed by atoms with E-state index < -0.39 is 10.6 Å². The average molecular weight is 656 g/mol. The number of amides is 3. The summed E-state index contributed by atoms with van der Waals surface area (Å²) in [5.74, 6) is -0.754. The smallest absolute Gasteiger partial charge is 0.239 e. The highest BCUT2D eigenvalue weighted by Crippen LogP contribution is 2.46. The number of ether oxygens (including phenoxy) is 1.